The van der Waals surface area contributed by atoms with Crippen LogP contribution in [0.5, 0.6) is 0 Å². The van der Waals surface area contributed by atoms with Crippen molar-refractivity contribution in [1.82, 2.24) is 15.1 Å². The van der Waals surface area contributed by atoms with Gasteiger partial charge in [-0.25, -0.2) is 4.79 Å². The zero-order chi connectivity index (χ0) is 23.3. The van der Waals surface area contributed by atoms with E-state index >= 15 is 0 Å². The van der Waals surface area contributed by atoms with Crippen LogP contribution in [0.2, 0.25) is 0 Å². The van der Waals surface area contributed by atoms with E-state index in [0.717, 1.165) is 31.5 Å². The standard InChI is InChI=1S/C26H41N3O3/c1-19-14-20(2)17-28(16-19)18-23-9-7-6-8-22(23)15-27-24(30)21-10-12-29(13-11-21)25(31)32-26(3,4)5/h6-9,19-21H,10-18H2,1-5H3,(H,27,30). The van der Waals surface area contributed by atoms with E-state index in [1.54, 1.807) is 4.90 Å². The first-order valence-corrected chi connectivity index (χ1v) is 12.2. The molecule has 3 rings (SSSR count). The number of nitrogens with one attached hydrogen (secondary N) is 1. The van der Waals surface area contributed by atoms with Gasteiger partial charge in [0.1, 0.15) is 5.60 Å². The minimum Gasteiger partial charge on any atom is -0.444 e. The quantitative estimate of drug-likeness (QED) is 0.731. The zero-order valence-corrected chi connectivity index (χ0v) is 20.5. The number of piperidine rings is 2. The summed E-state index contributed by atoms with van der Waals surface area (Å²) in [6.45, 7) is 15.2. The number of hydrogen-bond acceptors (Lipinski definition) is 4. The summed E-state index contributed by atoms with van der Waals surface area (Å²) in [5.74, 6) is 1.50. The average Bonchev–Trinajstić information content (AvgIpc) is 2.71. The number of nitrogens with zero attached hydrogens (tertiary/aromatic N) is 2. The van der Waals surface area contributed by atoms with Crippen LogP contribution < -0.4 is 5.32 Å². The number of rotatable bonds is 5. The molecule has 2 unspecified atom stereocenters. The van der Waals surface area contributed by atoms with Crippen LogP contribution in [0.3, 0.4) is 0 Å². The van der Waals surface area contributed by atoms with Gasteiger partial charge in [-0.1, -0.05) is 38.1 Å². The molecule has 0 aromatic heterocycles. The van der Waals surface area contributed by atoms with Crippen molar-refractivity contribution in [2.45, 2.75) is 72.6 Å². The number of amides is 2. The van der Waals surface area contributed by atoms with Crippen LogP contribution in [-0.4, -0.2) is 53.6 Å². The van der Waals surface area contributed by atoms with E-state index < -0.39 is 5.60 Å². The normalized spacial score (nSPS) is 23.1. The van der Waals surface area contributed by atoms with Crippen molar-refractivity contribution in [1.29, 1.82) is 0 Å². The molecule has 2 atom stereocenters. The Morgan fingerprint density at radius 2 is 1.62 bits per heavy atom. The molecule has 6 nitrogen and oxygen atoms in total. The number of likely N-dealkylation sites (tertiary alicyclic amines) is 2. The Bertz CT molecular complexity index is 771. The van der Waals surface area contributed by atoms with Gasteiger partial charge in [0.2, 0.25) is 5.91 Å². The minimum atomic E-state index is -0.497. The zero-order valence-electron chi connectivity index (χ0n) is 20.5. The third kappa shape index (κ3) is 7.22. The molecule has 0 saturated carbocycles. The molecule has 2 aliphatic heterocycles. The minimum absolute atomic E-state index is 0.0513. The molecule has 1 aromatic carbocycles. The van der Waals surface area contributed by atoms with Gasteiger partial charge >= 0.3 is 6.09 Å². The fourth-order valence-corrected chi connectivity index (χ4v) is 5.02. The van der Waals surface area contributed by atoms with Crippen molar-refractivity contribution < 1.29 is 14.3 Å². The molecule has 2 heterocycles. The third-order valence-corrected chi connectivity index (χ3v) is 6.43. The van der Waals surface area contributed by atoms with Crippen molar-refractivity contribution in [3.8, 4) is 0 Å². The average molecular weight is 444 g/mol. The molecule has 2 fully saturated rings. The Hall–Kier alpha value is -2.08. The molecule has 178 valence electrons. The van der Waals surface area contributed by atoms with Gasteiger partial charge in [0.15, 0.2) is 0 Å². The van der Waals surface area contributed by atoms with Crippen molar-refractivity contribution in [3.05, 3.63) is 35.4 Å². The molecule has 0 spiro atoms. The Kier molecular flexibility index (Phi) is 8.21. The number of carbonyl (C=O) groups excluding carboxylic acids is 2. The van der Waals surface area contributed by atoms with Gasteiger partial charge in [-0.15, -0.1) is 0 Å². The van der Waals surface area contributed by atoms with E-state index in [4.69, 9.17) is 4.74 Å². The van der Waals surface area contributed by atoms with Crippen LogP contribution in [0.25, 0.3) is 0 Å². The van der Waals surface area contributed by atoms with Crippen LogP contribution in [0, 0.1) is 17.8 Å². The first-order chi connectivity index (χ1) is 15.1. The molecule has 1 aromatic rings. The highest BCUT2D eigenvalue weighted by molar-refractivity contribution is 5.79. The van der Waals surface area contributed by atoms with Crippen LogP contribution in [0.4, 0.5) is 4.79 Å². The Labute approximate surface area is 193 Å². The molecule has 2 saturated heterocycles. The SMILES string of the molecule is CC1CC(C)CN(Cc2ccccc2CNC(=O)C2CCN(C(=O)OC(C)(C)C)CC2)C1. The second kappa shape index (κ2) is 10.7. The molecular weight excluding hydrogens is 402 g/mol. The largest absolute Gasteiger partial charge is 0.444 e. The monoisotopic (exact) mass is 443 g/mol. The third-order valence-electron chi connectivity index (χ3n) is 6.43. The topological polar surface area (TPSA) is 61.9 Å². The van der Waals surface area contributed by atoms with E-state index in [9.17, 15) is 9.59 Å². The van der Waals surface area contributed by atoms with Gasteiger partial charge in [-0.05, 0) is 63.0 Å². The van der Waals surface area contributed by atoms with E-state index in [0.29, 0.717) is 32.5 Å². The Morgan fingerprint density at radius 1 is 1.03 bits per heavy atom. The van der Waals surface area contributed by atoms with E-state index in [2.05, 4.69) is 42.3 Å². The molecule has 6 heteroatoms. The first kappa shape index (κ1) is 24.6. The molecule has 1 N–H and O–H groups in total. The summed E-state index contributed by atoms with van der Waals surface area (Å²) in [5, 5.41) is 3.15. The molecule has 0 bridgehead atoms. The molecule has 0 aliphatic carbocycles. The maximum Gasteiger partial charge on any atom is 0.410 e. The summed E-state index contributed by atoms with van der Waals surface area (Å²) in [7, 11) is 0. The lowest BCUT2D eigenvalue weighted by Crippen LogP contribution is -2.44. The van der Waals surface area contributed by atoms with Gasteiger partial charge < -0.3 is 15.0 Å². The Morgan fingerprint density at radius 3 is 2.22 bits per heavy atom. The van der Waals surface area contributed by atoms with Crippen molar-refractivity contribution in [2.75, 3.05) is 26.2 Å². The second-order valence-corrected chi connectivity index (χ2v) is 10.9. The van der Waals surface area contributed by atoms with Gasteiger partial charge in [-0.2, -0.15) is 0 Å². The van der Waals surface area contributed by atoms with Crippen LogP contribution in [0.15, 0.2) is 24.3 Å². The summed E-state index contributed by atoms with van der Waals surface area (Å²) in [6.07, 6.45) is 2.37. The fraction of sp³-hybridized carbons (Fsp3) is 0.692. The highest BCUT2D eigenvalue weighted by Crippen LogP contribution is 2.24. The predicted octanol–water partition coefficient (Wildman–Crippen LogP) is 4.43. The molecule has 0 radical (unpaired) electrons. The number of carbonyl (C=O) groups is 2. The van der Waals surface area contributed by atoms with Crippen molar-refractivity contribution >= 4 is 12.0 Å². The summed E-state index contributed by atoms with van der Waals surface area (Å²) in [6, 6.07) is 8.44. The van der Waals surface area contributed by atoms with E-state index in [1.807, 2.05) is 26.8 Å². The smallest absolute Gasteiger partial charge is 0.410 e. The summed E-state index contributed by atoms with van der Waals surface area (Å²) in [4.78, 5) is 29.3. The highest BCUT2D eigenvalue weighted by Gasteiger charge is 2.30. The maximum atomic E-state index is 12.8. The van der Waals surface area contributed by atoms with Crippen molar-refractivity contribution in [2.24, 2.45) is 17.8 Å². The summed E-state index contributed by atoms with van der Waals surface area (Å²) < 4.78 is 5.45. The lowest BCUT2D eigenvalue weighted by molar-refractivity contribution is -0.126. The lowest BCUT2D eigenvalue weighted by atomic mass is 9.91. The number of benzene rings is 1. The molecule has 2 aliphatic rings. The van der Waals surface area contributed by atoms with Crippen LogP contribution in [-0.2, 0) is 22.6 Å². The maximum absolute atomic E-state index is 12.8. The van der Waals surface area contributed by atoms with Gasteiger partial charge in [0.25, 0.3) is 0 Å². The number of ether oxygens (including phenoxy) is 1. The van der Waals surface area contributed by atoms with Gasteiger partial charge in [0.05, 0.1) is 0 Å². The summed E-state index contributed by atoms with van der Waals surface area (Å²) in [5.41, 5.74) is 2.00. The van der Waals surface area contributed by atoms with E-state index in [-0.39, 0.29) is 17.9 Å². The predicted molar refractivity (Wildman–Crippen MR) is 127 cm³/mol. The molecule has 2 amide bonds. The first-order valence-electron chi connectivity index (χ1n) is 12.2. The van der Waals surface area contributed by atoms with Crippen LogP contribution >= 0.6 is 0 Å². The number of hydrogen-bond donors (Lipinski definition) is 1. The van der Waals surface area contributed by atoms with Gasteiger partial charge in [0, 0.05) is 45.2 Å². The fourth-order valence-electron chi connectivity index (χ4n) is 5.02. The molecule has 32 heavy (non-hydrogen) atoms. The lowest BCUT2D eigenvalue weighted by Gasteiger charge is -2.35. The van der Waals surface area contributed by atoms with E-state index in [1.165, 1.54) is 17.5 Å². The van der Waals surface area contributed by atoms with Crippen molar-refractivity contribution in [3.63, 3.8) is 0 Å². The van der Waals surface area contributed by atoms with Gasteiger partial charge in [-0.3, -0.25) is 9.69 Å². The van der Waals surface area contributed by atoms with Crippen LogP contribution in [0.1, 0.15) is 65.0 Å². The highest BCUT2D eigenvalue weighted by atomic mass is 16.6. The molecular formula is C26H41N3O3. The Balaban J connectivity index is 1.49. The summed E-state index contributed by atoms with van der Waals surface area (Å²) >= 11 is 0. The second-order valence-electron chi connectivity index (χ2n) is 10.9.